The number of aromatic nitrogens is 2. The van der Waals surface area contributed by atoms with Crippen LogP contribution in [0.3, 0.4) is 0 Å². The molecule has 21 heavy (non-hydrogen) atoms. The number of rotatable bonds is 4. The summed E-state index contributed by atoms with van der Waals surface area (Å²) in [4.78, 5) is 19.9. The van der Waals surface area contributed by atoms with Crippen molar-refractivity contribution in [3.8, 4) is 0 Å². The molecular weight excluding hydrogens is 290 g/mol. The van der Waals surface area contributed by atoms with E-state index in [9.17, 15) is 4.79 Å². The molecule has 1 aromatic heterocycles. The summed E-state index contributed by atoms with van der Waals surface area (Å²) in [6.45, 7) is 5.93. The second-order valence-corrected chi connectivity index (χ2v) is 5.44. The number of hydrogen-bond donors (Lipinski definition) is 2. The van der Waals surface area contributed by atoms with Crippen molar-refractivity contribution >= 4 is 29.1 Å². The normalized spacial score (nSPS) is 10.7. The van der Waals surface area contributed by atoms with Crippen LogP contribution in [0.2, 0.25) is 5.02 Å². The lowest BCUT2D eigenvalue weighted by molar-refractivity contribution is 0.0697. The standard InChI is InChI=1S/C15H16ClN3O2/c1-8(2)14-17-9(3)6-13(19-14)18-10-4-5-12(16)11(7-10)15(20)21/h4-8H,1-3H3,(H,20,21)(H,17,18,19). The Bertz CT molecular complexity index is 687. The molecule has 2 rings (SSSR count). The summed E-state index contributed by atoms with van der Waals surface area (Å²) >= 11 is 5.85. The van der Waals surface area contributed by atoms with Gasteiger partial charge >= 0.3 is 5.97 Å². The molecule has 1 heterocycles. The van der Waals surface area contributed by atoms with Crippen LogP contribution in [0.4, 0.5) is 11.5 Å². The van der Waals surface area contributed by atoms with E-state index in [0.717, 1.165) is 11.5 Å². The Morgan fingerprint density at radius 3 is 2.62 bits per heavy atom. The van der Waals surface area contributed by atoms with Gasteiger partial charge in [-0.05, 0) is 25.1 Å². The summed E-state index contributed by atoms with van der Waals surface area (Å²) in [5.74, 6) is 0.519. The molecule has 1 aromatic carbocycles. The number of carbonyl (C=O) groups is 1. The SMILES string of the molecule is Cc1cc(Nc2ccc(Cl)c(C(=O)O)c2)nc(C(C)C)n1. The van der Waals surface area contributed by atoms with Crippen LogP contribution in [-0.4, -0.2) is 21.0 Å². The second kappa shape index (κ2) is 6.10. The van der Waals surface area contributed by atoms with Gasteiger partial charge in [0.1, 0.15) is 11.6 Å². The Hall–Kier alpha value is -2.14. The summed E-state index contributed by atoms with van der Waals surface area (Å²) < 4.78 is 0. The van der Waals surface area contributed by atoms with Crippen LogP contribution in [0, 0.1) is 6.92 Å². The number of carboxylic acids is 1. The number of aromatic carboxylic acids is 1. The topological polar surface area (TPSA) is 75.1 Å². The first-order valence-electron chi connectivity index (χ1n) is 6.52. The van der Waals surface area contributed by atoms with Crippen molar-refractivity contribution < 1.29 is 9.90 Å². The van der Waals surface area contributed by atoms with Gasteiger partial charge in [-0.2, -0.15) is 0 Å². The van der Waals surface area contributed by atoms with Crippen LogP contribution in [-0.2, 0) is 0 Å². The van der Waals surface area contributed by atoms with Crippen molar-refractivity contribution in [2.24, 2.45) is 0 Å². The highest BCUT2D eigenvalue weighted by Crippen LogP contribution is 2.23. The minimum atomic E-state index is -1.06. The molecule has 0 bridgehead atoms. The first-order chi connectivity index (χ1) is 9.86. The van der Waals surface area contributed by atoms with Crippen LogP contribution >= 0.6 is 11.6 Å². The number of anilines is 2. The molecule has 0 aliphatic heterocycles. The van der Waals surface area contributed by atoms with E-state index in [1.165, 1.54) is 6.07 Å². The third-order valence-corrected chi connectivity index (χ3v) is 3.19. The lowest BCUT2D eigenvalue weighted by atomic mass is 10.2. The quantitative estimate of drug-likeness (QED) is 0.893. The van der Waals surface area contributed by atoms with Gasteiger partial charge in [0.25, 0.3) is 0 Å². The van der Waals surface area contributed by atoms with E-state index < -0.39 is 5.97 Å². The zero-order valence-electron chi connectivity index (χ0n) is 12.0. The number of halogens is 1. The van der Waals surface area contributed by atoms with Gasteiger partial charge in [-0.1, -0.05) is 25.4 Å². The molecule has 0 spiro atoms. The van der Waals surface area contributed by atoms with E-state index >= 15 is 0 Å². The molecule has 0 aliphatic rings. The van der Waals surface area contributed by atoms with Crippen molar-refractivity contribution in [2.45, 2.75) is 26.7 Å². The number of carboxylic acid groups (broad SMARTS) is 1. The molecule has 0 saturated heterocycles. The van der Waals surface area contributed by atoms with Gasteiger partial charge in [0.2, 0.25) is 0 Å². The Balaban J connectivity index is 2.34. The number of aryl methyl sites for hydroxylation is 1. The average molecular weight is 306 g/mol. The van der Waals surface area contributed by atoms with Crippen LogP contribution in [0.5, 0.6) is 0 Å². The minimum absolute atomic E-state index is 0.0523. The lowest BCUT2D eigenvalue weighted by Gasteiger charge is -2.11. The minimum Gasteiger partial charge on any atom is -0.478 e. The van der Waals surface area contributed by atoms with Crippen LogP contribution in [0.15, 0.2) is 24.3 Å². The Kier molecular flexibility index (Phi) is 4.43. The second-order valence-electron chi connectivity index (χ2n) is 5.03. The van der Waals surface area contributed by atoms with Crippen LogP contribution in [0.25, 0.3) is 0 Å². The predicted octanol–water partition coefficient (Wildman–Crippen LogP) is 4.00. The monoisotopic (exact) mass is 305 g/mol. The van der Waals surface area contributed by atoms with Gasteiger partial charge in [-0.3, -0.25) is 0 Å². The van der Waals surface area contributed by atoms with Crippen LogP contribution < -0.4 is 5.32 Å². The molecular formula is C15H16ClN3O2. The third kappa shape index (κ3) is 3.70. The number of hydrogen-bond acceptors (Lipinski definition) is 4. The molecule has 5 nitrogen and oxygen atoms in total. The van der Waals surface area contributed by atoms with Crippen molar-refractivity contribution in [1.29, 1.82) is 0 Å². The zero-order valence-corrected chi connectivity index (χ0v) is 12.8. The van der Waals surface area contributed by atoms with E-state index in [0.29, 0.717) is 11.5 Å². The maximum Gasteiger partial charge on any atom is 0.337 e. The lowest BCUT2D eigenvalue weighted by Crippen LogP contribution is -2.04. The molecule has 2 N–H and O–H groups in total. The van der Waals surface area contributed by atoms with Gasteiger partial charge in [0.15, 0.2) is 0 Å². The first kappa shape index (κ1) is 15.3. The Morgan fingerprint density at radius 2 is 2.00 bits per heavy atom. The Labute approximate surface area is 128 Å². The molecule has 6 heteroatoms. The smallest absolute Gasteiger partial charge is 0.337 e. The maximum atomic E-state index is 11.1. The fourth-order valence-corrected chi connectivity index (χ4v) is 2.03. The summed E-state index contributed by atoms with van der Waals surface area (Å²) in [6.07, 6.45) is 0. The average Bonchev–Trinajstić information content (AvgIpc) is 2.40. The summed E-state index contributed by atoms with van der Waals surface area (Å²) in [5.41, 5.74) is 1.52. The van der Waals surface area contributed by atoms with E-state index in [4.69, 9.17) is 16.7 Å². The third-order valence-electron chi connectivity index (χ3n) is 2.86. The van der Waals surface area contributed by atoms with Crippen molar-refractivity contribution in [3.63, 3.8) is 0 Å². The molecule has 0 aliphatic carbocycles. The number of nitrogens with one attached hydrogen (secondary N) is 1. The molecule has 0 atom stereocenters. The fourth-order valence-electron chi connectivity index (χ4n) is 1.83. The van der Waals surface area contributed by atoms with Crippen molar-refractivity contribution in [2.75, 3.05) is 5.32 Å². The van der Waals surface area contributed by atoms with E-state index in [1.54, 1.807) is 18.2 Å². The van der Waals surface area contributed by atoms with Gasteiger partial charge in [0, 0.05) is 23.4 Å². The summed E-state index contributed by atoms with van der Waals surface area (Å²) in [6, 6.07) is 6.55. The van der Waals surface area contributed by atoms with Gasteiger partial charge in [-0.25, -0.2) is 14.8 Å². The van der Waals surface area contributed by atoms with E-state index in [1.807, 2.05) is 20.8 Å². The van der Waals surface area contributed by atoms with Crippen LogP contribution in [0.1, 0.15) is 41.6 Å². The molecule has 0 fully saturated rings. The molecule has 0 radical (unpaired) electrons. The molecule has 110 valence electrons. The van der Waals surface area contributed by atoms with E-state index in [-0.39, 0.29) is 16.5 Å². The van der Waals surface area contributed by atoms with Gasteiger partial charge in [0.05, 0.1) is 10.6 Å². The zero-order chi connectivity index (χ0) is 15.6. The maximum absolute atomic E-state index is 11.1. The van der Waals surface area contributed by atoms with Crippen molar-refractivity contribution in [1.82, 2.24) is 9.97 Å². The number of nitrogens with zero attached hydrogens (tertiary/aromatic N) is 2. The van der Waals surface area contributed by atoms with Crippen molar-refractivity contribution in [3.05, 3.63) is 46.4 Å². The first-order valence-corrected chi connectivity index (χ1v) is 6.90. The van der Waals surface area contributed by atoms with E-state index in [2.05, 4.69) is 15.3 Å². The summed E-state index contributed by atoms with van der Waals surface area (Å²) in [7, 11) is 0. The van der Waals surface area contributed by atoms with Gasteiger partial charge < -0.3 is 10.4 Å². The largest absolute Gasteiger partial charge is 0.478 e. The summed E-state index contributed by atoms with van der Waals surface area (Å²) in [5, 5.41) is 12.4. The molecule has 0 unspecified atom stereocenters. The molecule has 0 amide bonds. The fraction of sp³-hybridized carbons (Fsp3) is 0.267. The highest BCUT2D eigenvalue weighted by atomic mass is 35.5. The van der Waals surface area contributed by atoms with Gasteiger partial charge in [-0.15, -0.1) is 0 Å². The molecule has 2 aromatic rings. The highest BCUT2D eigenvalue weighted by molar-refractivity contribution is 6.33. The molecule has 0 saturated carbocycles. The highest BCUT2D eigenvalue weighted by Gasteiger charge is 2.11. The Morgan fingerprint density at radius 1 is 1.29 bits per heavy atom. The number of benzene rings is 1. The predicted molar refractivity (Wildman–Crippen MR) is 82.6 cm³/mol.